The van der Waals surface area contributed by atoms with Gasteiger partial charge in [-0.3, -0.25) is 4.79 Å². The number of aromatic nitrogens is 2. The summed E-state index contributed by atoms with van der Waals surface area (Å²) >= 11 is 0. The molecule has 0 unspecified atom stereocenters. The lowest BCUT2D eigenvalue weighted by Gasteiger charge is -2.11. The van der Waals surface area contributed by atoms with Gasteiger partial charge in [-0.2, -0.15) is 0 Å². The monoisotopic (exact) mass is 378 g/mol. The number of benzene rings is 2. The van der Waals surface area contributed by atoms with E-state index in [4.69, 9.17) is 9.47 Å². The highest BCUT2D eigenvalue weighted by Crippen LogP contribution is 2.24. The third-order valence-corrected chi connectivity index (χ3v) is 3.73. The molecule has 0 radical (unpaired) electrons. The number of ether oxygens (including phenoxy) is 2. The lowest BCUT2D eigenvalue weighted by molar-refractivity contribution is 0.102. The molecule has 144 valence electrons. The molecule has 0 aliphatic rings. The van der Waals surface area contributed by atoms with E-state index >= 15 is 0 Å². The fourth-order valence-electron chi connectivity index (χ4n) is 2.50. The summed E-state index contributed by atoms with van der Waals surface area (Å²) in [6, 6.07) is 16.2. The molecule has 0 saturated heterocycles. The summed E-state index contributed by atoms with van der Waals surface area (Å²) in [7, 11) is 1.55. The number of nitrogens with one attached hydrogen (secondary N) is 2. The number of carbonyl (C=O) groups is 1. The number of nitrogens with zero attached hydrogens (tertiary/aromatic N) is 2. The van der Waals surface area contributed by atoms with Crippen LogP contribution in [0.15, 0.2) is 60.8 Å². The van der Waals surface area contributed by atoms with Crippen molar-refractivity contribution in [2.45, 2.75) is 20.0 Å². The van der Waals surface area contributed by atoms with Gasteiger partial charge in [0.05, 0.1) is 18.9 Å². The first kappa shape index (κ1) is 19.2. The van der Waals surface area contributed by atoms with E-state index in [-0.39, 0.29) is 17.7 Å². The maximum absolute atomic E-state index is 12.5. The quantitative estimate of drug-likeness (QED) is 0.639. The number of carbonyl (C=O) groups excluding carboxylic acids is 1. The second-order valence-corrected chi connectivity index (χ2v) is 6.24. The third kappa shape index (κ3) is 4.97. The molecule has 2 aromatic carbocycles. The number of methoxy groups -OCH3 is 1. The first-order chi connectivity index (χ1) is 13.5. The van der Waals surface area contributed by atoms with E-state index in [1.54, 1.807) is 25.3 Å². The number of hydrogen-bond acceptors (Lipinski definition) is 6. The zero-order valence-corrected chi connectivity index (χ0v) is 16.0. The maximum atomic E-state index is 12.5. The van der Waals surface area contributed by atoms with Gasteiger partial charge in [0.2, 0.25) is 5.95 Å². The lowest BCUT2D eigenvalue weighted by atomic mass is 10.2. The van der Waals surface area contributed by atoms with Crippen molar-refractivity contribution < 1.29 is 14.3 Å². The normalized spacial score (nSPS) is 10.4. The molecule has 1 amide bonds. The van der Waals surface area contributed by atoms with Crippen LogP contribution in [0.4, 0.5) is 17.3 Å². The maximum Gasteiger partial charge on any atom is 0.274 e. The SMILES string of the molecule is COc1ccccc1NC(=O)c1ccnc(Nc2ccc(OC(C)C)cc2)n1. The van der Waals surface area contributed by atoms with E-state index in [1.165, 1.54) is 6.20 Å². The van der Waals surface area contributed by atoms with Crippen LogP contribution >= 0.6 is 0 Å². The van der Waals surface area contributed by atoms with E-state index in [1.807, 2.05) is 50.2 Å². The molecular formula is C21H22N4O3. The van der Waals surface area contributed by atoms with Gasteiger partial charge in [0.1, 0.15) is 17.2 Å². The van der Waals surface area contributed by atoms with Crippen LogP contribution in [-0.2, 0) is 0 Å². The van der Waals surface area contributed by atoms with E-state index in [9.17, 15) is 4.79 Å². The predicted octanol–water partition coefficient (Wildman–Crippen LogP) is 4.27. The number of para-hydroxylation sites is 2. The molecule has 0 bridgehead atoms. The van der Waals surface area contributed by atoms with E-state index in [0.717, 1.165) is 11.4 Å². The Morgan fingerprint density at radius 3 is 2.50 bits per heavy atom. The molecule has 7 heteroatoms. The lowest BCUT2D eigenvalue weighted by Crippen LogP contribution is -2.15. The molecule has 0 aliphatic carbocycles. The van der Waals surface area contributed by atoms with Crippen LogP contribution in [0.1, 0.15) is 24.3 Å². The van der Waals surface area contributed by atoms with Crippen molar-refractivity contribution in [2.75, 3.05) is 17.7 Å². The Morgan fingerprint density at radius 2 is 1.79 bits per heavy atom. The highest BCUT2D eigenvalue weighted by Gasteiger charge is 2.12. The molecule has 3 rings (SSSR count). The van der Waals surface area contributed by atoms with Crippen molar-refractivity contribution in [3.63, 3.8) is 0 Å². The fraction of sp³-hybridized carbons (Fsp3) is 0.190. The van der Waals surface area contributed by atoms with Gasteiger partial charge in [-0.05, 0) is 56.3 Å². The summed E-state index contributed by atoms with van der Waals surface area (Å²) in [5, 5.41) is 5.88. The van der Waals surface area contributed by atoms with Crippen LogP contribution in [0.25, 0.3) is 0 Å². The largest absolute Gasteiger partial charge is 0.495 e. The highest BCUT2D eigenvalue weighted by atomic mass is 16.5. The topological polar surface area (TPSA) is 85.4 Å². The Morgan fingerprint density at radius 1 is 1.04 bits per heavy atom. The van der Waals surface area contributed by atoms with Crippen molar-refractivity contribution in [2.24, 2.45) is 0 Å². The van der Waals surface area contributed by atoms with Gasteiger partial charge in [0.15, 0.2) is 0 Å². The first-order valence-corrected chi connectivity index (χ1v) is 8.86. The second-order valence-electron chi connectivity index (χ2n) is 6.24. The fourth-order valence-corrected chi connectivity index (χ4v) is 2.50. The molecule has 7 nitrogen and oxygen atoms in total. The van der Waals surface area contributed by atoms with Crippen LogP contribution in [0, 0.1) is 0 Å². The smallest absolute Gasteiger partial charge is 0.274 e. The van der Waals surface area contributed by atoms with Gasteiger partial charge in [-0.1, -0.05) is 12.1 Å². The van der Waals surface area contributed by atoms with E-state index in [0.29, 0.717) is 17.4 Å². The van der Waals surface area contributed by atoms with Gasteiger partial charge in [-0.15, -0.1) is 0 Å². The van der Waals surface area contributed by atoms with E-state index < -0.39 is 0 Å². The van der Waals surface area contributed by atoms with Crippen LogP contribution in [0.2, 0.25) is 0 Å². The van der Waals surface area contributed by atoms with Crippen molar-refractivity contribution in [1.29, 1.82) is 0 Å². The molecule has 28 heavy (non-hydrogen) atoms. The molecule has 0 aliphatic heterocycles. The van der Waals surface area contributed by atoms with E-state index in [2.05, 4.69) is 20.6 Å². The number of amides is 1. The molecule has 1 aromatic heterocycles. The molecule has 0 saturated carbocycles. The van der Waals surface area contributed by atoms with Crippen molar-refractivity contribution in [3.8, 4) is 11.5 Å². The molecular weight excluding hydrogens is 356 g/mol. The Bertz CT molecular complexity index is 942. The van der Waals surface area contributed by atoms with Crippen molar-refractivity contribution in [3.05, 3.63) is 66.5 Å². The number of rotatable bonds is 7. The van der Waals surface area contributed by atoms with Gasteiger partial charge in [0, 0.05) is 11.9 Å². The van der Waals surface area contributed by atoms with Crippen LogP contribution in [-0.4, -0.2) is 29.1 Å². The zero-order valence-electron chi connectivity index (χ0n) is 16.0. The molecule has 3 aromatic rings. The van der Waals surface area contributed by atoms with Gasteiger partial charge < -0.3 is 20.1 Å². The second kappa shape index (κ2) is 8.85. The summed E-state index contributed by atoms with van der Waals surface area (Å²) in [4.78, 5) is 21.0. The van der Waals surface area contributed by atoms with Gasteiger partial charge in [0.25, 0.3) is 5.91 Å². The summed E-state index contributed by atoms with van der Waals surface area (Å²) in [6.45, 7) is 3.95. The van der Waals surface area contributed by atoms with Gasteiger partial charge >= 0.3 is 0 Å². The Hall–Kier alpha value is -3.61. The minimum atomic E-state index is -0.351. The Labute approximate surface area is 163 Å². The third-order valence-electron chi connectivity index (χ3n) is 3.73. The zero-order chi connectivity index (χ0) is 19.9. The minimum absolute atomic E-state index is 0.112. The van der Waals surface area contributed by atoms with Crippen LogP contribution in [0.3, 0.4) is 0 Å². The average molecular weight is 378 g/mol. The molecule has 0 spiro atoms. The Balaban J connectivity index is 1.70. The van der Waals surface area contributed by atoms with Crippen LogP contribution < -0.4 is 20.1 Å². The molecule has 1 heterocycles. The molecule has 2 N–H and O–H groups in total. The Kier molecular flexibility index (Phi) is 6.06. The molecule has 0 atom stereocenters. The highest BCUT2D eigenvalue weighted by molar-refractivity contribution is 6.03. The number of hydrogen-bond donors (Lipinski definition) is 2. The minimum Gasteiger partial charge on any atom is -0.495 e. The van der Waals surface area contributed by atoms with Crippen molar-refractivity contribution in [1.82, 2.24) is 9.97 Å². The summed E-state index contributed by atoms with van der Waals surface area (Å²) in [5.74, 6) is 1.33. The molecule has 0 fully saturated rings. The van der Waals surface area contributed by atoms with Crippen LogP contribution in [0.5, 0.6) is 11.5 Å². The summed E-state index contributed by atoms with van der Waals surface area (Å²) in [5.41, 5.74) is 1.60. The number of anilines is 3. The van der Waals surface area contributed by atoms with Gasteiger partial charge in [-0.25, -0.2) is 9.97 Å². The average Bonchev–Trinajstić information content (AvgIpc) is 2.70. The summed E-state index contributed by atoms with van der Waals surface area (Å²) < 4.78 is 10.9. The van der Waals surface area contributed by atoms with Crippen molar-refractivity contribution >= 4 is 23.2 Å². The standard InChI is InChI=1S/C21H22N4O3/c1-14(2)28-16-10-8-15(9-11-16)23-21-22-13-12-18(25-21)20(26)24-17-6-4-5-7-19(17)27-3/h4-14H,1-3H3,(H,24,26)(H,22,23,25). The first-order valence-electron chi connectivity index (χ1n) is 8.86. The predicted molar refractivity (Wildman–Crippen MR) is 108 cm³/mol. The summed E-state index contributed by atoms with van der Waals surface area (Å²) in [6.07, 6.45) is 1.64.